The number of nitrogens with one attached hydrogen (secondary N) is 1. The molecule has 3 aromatic heterocycles. The zero-order valence-corrected chi connectivity index (χ0v) is 18.0. The van der Waals surface area contributed by atoms with Crippen LogP contribution in [-0.4, -0.2) is 66.0 Å². The van der Waals surface area contributed by atoms with Gasteiger partial charge in [0.25, 0.3) is 0 Å². The number of aromatic nitrogens is 5. The van der Waals surface area contributed by atoms with Crippen molar-refractivity contribution >= 4 is 34.4 Å². The molecule has 2 fully saturated rings. The summed E-state index contributed by atoms with van der Waals surface area (Å²) in [6.45, 7) is 3.23. The van der Waals surface area contributed by atoms with Gasteiger partial charge in [-0.05, 0) is 37.1 Å². The second kappa shape index (κ2) is 7.44. The molecule has 0 radical (unpaired) electrons. The minimum Gasteiger partial charge on any atom is -0.465 e. The van der Waals surface area contributed by atoms with Crippen molar-refractivity contribution in [2.24, 2.45) is 0 Å². The number of likely N-dealkylation sites (tertiary alicyclic amines) is 1. The van der Waals surface area contributed by atoms with E-state index in [1.165, 1.54) is 0 Å². The number of amides is 1. The van der Waals surface area contributed by atoms with E-state index in [1.807, 2.05) is 16.8 Å². The summed E-state index contributed by atoms with van der Waals surface area (Å²) in [4.78, 5) is 28.2. The van der Waals surface area contributed by atoms with Gasteiger partial charge in [-0.25, -0.2) is 19.4 Å². The second-order valence-corrected chi connectivity index (χ2v) is 8.50. The molecule has 2 saturated heterocycles. The van der Waals surface area contributed by atoms with Crippen molar-refractivity contribution in [1.82, 2.24) is 29.6 Å². The van der Waals surface area contributed by atoms with Crippen LogP contribution >= 0.6 is 0 Å². The summed E-state index contributed by atoms with van der Waals surface area (Å²) in [5.74, 6) is 2.15. The van der Waals surface area contributed by atoms with E-state index in [-0.39, 0.29) is 12.1 Å². The van der Waals surface area contributed by atoms with Gasteiger partial charge in [0, 0.05) is 43.1 Å². The Bertz CT molecular complexity index is 1360. The maximum absolute atomic E-state index is 11.4. The van der Waals surface area contributed by atoms with Crippen molar-refractivity contribution in [3.05, 3.63) is 60.7 Å². The first kappa shape index (κ1) is 19.5. The van der Waals surface area contributed by atoms with Crippen molar-refractivity contribution in [1.29, 1.82) is 0 Å². The van der Waals surface area contributed by atoms with Crippen LogP contribution in [0.1, 0.15) is 12.0 Å². The summed E-state index contributed by atoms with van der Waals surface area (Å²) < 4.78 is 1.91. The highest BCUT2D eigenvalue weighted by Gasteiger charge is 2.45. The molecule has 1 aromatic carbocycles. The number of piperazine rings is 1. The lowest BCUT2D eigenvalue weighted by Gasteiger charge is -2.33. The Hall–Kier alpha value is -4.21. The number of rotatable bonds is 4. The molecule has 33 heavy (non-hydrogen) atoms. The average Bonchev–Trinajstić information content (AvgIpc) is 3.53. The van der Waals surface area contributed by atoms with Crippen LogP contribution in [0.15, 0.2) is 55.1 Å². The van der Waals surface area contributed by atoms with Gasteiger partial charge in [0.2, 0.25) is 0 Å². The Balaban J connectivity index is 1.37. The molecule has 0 saturated carbocycles. The van der Waals surface area contributed by atoms with Crippen molar-refractivity contribution in [3.63, 3.8) is 0 Å². The predicted octanol–water partition coefficient (Wildman–Crippen LogP) is 3.20. The lowest BCUT2D eigenvalue weighted by atomic mass is 10.2. The van der Waals surface area contributed by atoms with Gasteiger partial charge in [-0.1, -0.05) is 6.07 Å². The summed E-state index contributed by atoms with van der Waals surface area (Å²) in [5.41, 5.74) is 2.99. The minimum atomic E-state index is -0.842. The van der Waals surface area contributed by atoms with E-state index in [4.69, 9.17) is 5.10 Å². The maximum Gasteiger partial charge on any atom is 0.407 e. The van der Waals surface area contributed by atoms with Crippen LogP contribution < -0.4 is 10.2 Å². The van der Waals surface area contributed by atoms with Gasteiger partial charge in [-0.3, -0.25) is 4.98 Å². The highest BCUT2D eigenvalue weighted by atomic mass is 16.4. The highest BCUT2D eigenvalue weighted by molar-refractivity contribution is 5.93. The molecule has 2 aliphatic heterocycles. The molecule has 10 nitrogen and oxygen atoms in total. The first-order chi connectivity index (χ1) is 16.1. The fourth-order valence-corrected chi connectivity index (χ4v) is 4.88. The van der Waals surface area contributed by atoms with Crippen LogP contribution in [0, 0.1) is 6.92 Å². The van der Waals surface area contributed by atoms with E-state index in [1.54, 1.807) is 29.7 Å². The van der Waals surface area contributed by atoms with Gasteiger partial charge in [0.1, 0.15) is 11.6 Å². The van der Waals surface area contributed by atoms with Crippen LogP contribution in [0.4, 0.5) is 22.2 Å². The molecule has 1 amide bonds. The molecule has 0 unspecified atom stereocenters. The molecule has 10 heteroatoms. The van der Waals surface area contributed by atoms with Gasteiger partial charge in [0.15, 0.2) is 5.82 Å². The first-order valence-corrected chi connectivity index (χ1v) is 10.8. The number of carbonyl (C=O) groups is 1. The largest absolute Gasteiger partial charge is 0.465 e. The van der Waals surface area contributed by atoms with Crippen LogP contribution in [-0.2, 0) is 0 Å². The molecule has 166 valence electrons. The number of aryl methyl sites for hydroxylation is 1. The topological polar surface area (TPSA) is 112 Å². The zero-order valence-electron chi connectivity index (χ0n) is 18.0. The van der Waals surface area contributed by atoms with Gasteiger partial charge < -0.3 is 20.2 Å². The highest BCUT2D eigenvalue weighted by Crippen LogP contribution is 2.35. The number of carboxylic acid groups (broad SMARTS) is 1. The third kappa shape index (κ3) is 3.30. The summed E-state index contributed by atoms with van der Waals surface area (Å²) in [6, 6.07) is 10.3. The van der Waals surface area contributed by atoms with Crippen molar-refractivity contribution in [2.45, 2.75) is 25.4 Å². The molecular weight excluding hydrogens is 420 g/mol. The molecule has 0 aliphatic carbocycles. The first-order valence-electron chi connectivity index (χ1n) is 10.8. The van der Waals surface area contributed by atoms with Gasteiger partial charge in [-0.15, -0.1) is 5.10 Å². The van der Waals surface area contributed by atoms with Crippen molar-refractivity contribution < 1.29 is 9.90 Å². The molecule has 2 N–H and O–H groups in total. The Labute approximate surface area is 189 Å². The maximum atomic E-state index is 11.4. The third-order valence-electron chi connectivity index (χ3n) is 6.40. The fourth-order valence-electron chi connectivity index (χ4n) is 4.88. The van der Waals surface area contributed by atoms with Gasteiger partial charge >= 0.3 is 6.09 Å². The predicted molar refractivity (Wildman–Crippen MR) is 123 cm³/mol. The van der Waals surface area contributed by atoms with Gasteiger partial charge in [-0.2, -0.15) is 0 Å². The molecule has 5 heterocycles. The summed E-state index contributed by atoms with van der Waals surface area (Å²) in [5, 5.41) is 18.5. The zero-order chi connectivity index (χ0) is 22.5. The van der Waals surface area contributed by atoms with E-state index in [2.05, 4.69) is 50.3 Å². The van der Waals surface area contributed by atoms with E-state index < -0.39 is 6.09 Å². The number of pyridine rings is 1. The SMILES string of the molecule is Cc1ccc2c(Nc3cnccn3)nn(-c3ccnc(N4C[C@@H]5C[C@H]4CN5C(=O)O)c3)c2c1. The number of fused-ring (bicyclic) bond motifs is 3. The number of anilines is 3. The van der Waals surface area contributed by atoms with Crippen molar-refractivity contribution in [2.75, 3.05) is 23.3 Å². The molecule has 2 atom stereocenters. The monoisotopic (exact) mass is 442 g/mol. The summed E-state index contributed by atoms with van der Waals surface area (Å²) >= 11 is 0. The number of benzene rings is 1. The Morgan fingerprint density at radius 3 is 2.76 bits per heavy atom. The van der Waals surface area contributed by atoms with E-state index in [0.29, 0.717) is 24.7 Å². The fraction of sp³-hybridized carbons (Fsp3) is 0.261. The normalized spacial score (nSPS) is 19.4. The standard InChI is InChI=1S/C23H22N8O2/c1-14-2-3-18-19(8-14)31(28-22(18)27-20-11-24-6-7-25-20)15-4-5-26-21(10-15)29-12-17-9-16(29)13-30(17)23(32)33/h2-8,10-11,16-17H,9,12-13H2,1H3,(H,32,33)(H,25,27,28)/t16-,17-/m0/s1. The van der Waals surface area contributed by atoms with Crippen LogP contribution in [0.25, 0.3) is 16.6 Å². The van der Waals surface area contributed by atoms with E-state index in [0.717, 1.165) is 34.4 Å². The Morgan fingerprint density at radius 2 is 2.00 bits per heavy atom. The molecule has 4 aromatic rings. The lowest BCUT2D eigenvalue weighted by molar-refractivity contribution is 0.137. The molecule has 0 spiro atoms. The van der Waals surface area contributed by atoms with Crippen LogP contribution in [0.2, 0.25) is 0 Å². The molecule has 6 rings (SSSR count). The second-order valence-electron chi connectivity index (χ2n) is 8.50. The number of nitrogens with zero attached hydrogens (tertiary/aromatic N) is 7. The number of hydrogen-bond acceptors (Lipinski definition) is 7. The Kier molecular flexibility index (Phi) is 4.39. The lowest BCUT2D eigenvalue weighted by Crippen LogP contribution is -2.48. The van der Waals surface area contributed by atoms with Crippen LogP contribution in [0.3, 0.4) is 0 Å². The number of hydrogen-bond donors (Lipinski definition) is 2. The average molecular weight is 442 g/mol. The molecule has 2 aliphatic rings. The quantitative estimate of drug-likeness (QED) is 0.496. The Morgan fingerprint density at radius 1 is 1.09 bits per heavy atom. The molecular formula is C23H22N8O2. The van der Waals surface area contributed by atoms with Gasteiger partial charge in [0.05, 0.1) is 29.5 Å². The van der Waals surface area contributed by atoms with Crippen molar-refractivity contribution in [3.8, 4) is 5.69 Å². The third-order valence-corrected chi connectivity index (χ3v) is 6.40. The van der Waals surface area contributed by atoms with E-state index >= 15 is 0 Å². The molecule has 2 bridgehead atoms. The minimum absolute atomic E-state index is 0.0222. The summed E-state index contributed by atoms with van der Waals surface area (Å²) in [6.07, 6.45) is 6.71. The van der Waals surface area contributed by atoms with Crippen LogP contribution in [0.5, 0.6) is 0 Å². The smallest absolute Gasteiger partial charge is 0.407 e. The van der Waals surface area contributed by atoms with E-state index in [9.17, 15) is 9.90 Å². The summed E-state index contributed by atoms with van der Waals surface area (Å²) in [7, 11) is 0.